The number of amides is 2. The van der Waals surface area contributed by atoms with E-state index in [0.717, 1.165) is 5.56 Å². The SMILES string of the molecule is Cc1ccc(S(=O)(=O)N[C@@H](Cc2cccc(C(=N)N)c2)C(=O)N2CCC[C@H](NC(=O)O)C2)cc1. The number of hydrogen-bond donors (Lipinski definition) is 5. The van der Waals surface area contributed by atoms with Crippen molar-refractivity contribution in [3.63, 3.8) is 0 Å². The first kappa shape index (κ1) is 25.2. The molecule has 2 amide bonds. The standard InChI is InChI=1S/C23H29N5O5S/c1-15-7-9-19(10-8-15)34(32,33)27-20(13-16-4-2-5-17(12-16)21(24)25)22(29)28-11-3-6-18(14-28)26-23(30)31/h2,4-5,7-10,12,18,20,26-27H,3,6,11,13-14H2,1H3,(H3,24,25)(H,30,31)/t18-,20-/m0/s1. The number of carboxylic acid groups (broad SMARTS) is 1. The first-order valence-electron chi connectivity index (χ1n) is 10.9. The third-order valence-electron chi connectivity index (χ3n) is 5.67. The molecule has 2 aromatic carbocycles. The van der Waals surface area contributed by atoms with Crippen LogP contribution in [0.2, 0.25) is 0 Å². The van der Waals surface area contributed by atoms with Crippen molar-refractivity contribution >= 4 is 27.9 Å². The average molecular weight is 488 g/mol. The maximum atomic E-state index is 13.5. The number of benzene rings is 2. The van der Waals surface area contributed by atoms with Crippen molar-refractivity contribution in [3.8, 4) is 0 Å². The summed E-state index contributed by atoms with van der Waals surface area (Å²) < 4.78 is 28.7. The van der Waals surface area contributed by atoms with Crippen LogP contribution in [0.4, 0.5) is 4.79 Å². The first-order chi connectivity index (χ1) is 16.0. The number of likely N-dealkylation sites (tertiary alicyclic amines) is 1. The summed E-state index contributed by atoms with van der Waals surface area (Å²) in [6.07, 6.45) is 0.0557. The van der Waals surface area contributed by atoms with Crippen molar-refractivity contribution in [2.45, 2.75) is 43.2 Å². The molecular formula is C23H29N5O5S. The van der Waals surface area contributed by atoms with Crippen LogP contribution in [0, 0.1) is 12.3 Å². The van der Waals surface area contributed by atoms with E-state index in [1.165, 1.54) is 17.0 Å². The molecule has 0 aliphatic carbocycles. The zero-order chi connectivity index (χ0) is 24.9. The zero-order valence-electron chi connectivity index (χ0n) is 18.8. The molecule has 2 atom stereocenters. The molecular weight excluding hydrogens is 458 g/mol. The van der Waals surface area contributed by atoms with E-state index < -0.39 is 34.1 Å². The smallest absolute Gasteiger partial charge is 0.404 e. The number of nitrogens with two attached hydrogens (primary N) is 1. The molecule has 0 spiro atoms. The number of sulfonamides is 1. The van der Waals surface area contributed by atoms with Crippen LogP contribution in [0.25, 0.3) is 0 Å². The van der Waals surface area contributed by atoms with Gasteiger partial charge in [0.25, 0.3) is 0 Å². The fourth-order valence-corrected chi connectivity index (χ4v) is 5.13. The Morgan fingerprint density at radius 3 is 2.59 bits per heavy atom. The van der Waals surface area contributed by atoms with Gasteiger partial charge in [-0.05, 0) is 49.9 Å². The maximum Gasteiger partial charge on any atom is 0.404 e. The van der Waals surface area contributed by atoms with Crippen LogP contribution >= 0.6 is 0 Å². The van der Waals surface area contributed by atoms with Crippen molar-refractivity contribution in [1.82, 2.24) is 14.9 Å². The maximum absolute atomic E-state index is 13.5. The highest BCUT2D eigenvalue weighted by Gasteiger charge is 2.32. The van der Waals surface area contributed by atoms with Gasteiger partial charge in [0.05, 0.1) is 4.90 Å². The first-order valence-corrected chi connectivity index (χ1v) is 12.3. The summed E-state index contributed by atoms with van der Waals surface area (Å²) >= 11 is 0. The minimum Gasteiger partial charge on any atom is -0.465 e. The Morgan fingerprint density at radius 2 is 1.94 bits per heavy atom. The molecule has 0 unspecified atom stereocenters. The van der Waals surface area contributed by atoms with Gasteiger partial charge in [0, 0.05) is 24.7 Å². The number of carbonyl (C=O) groups is 2. The molecule has 0 radical (unpaired) electrons. The minimum absolute atomic E-state index is 0.0393. The Kier molecular flexibility index (Phi) is 7.90. The Balaban J connectivity index is 1.88. The van der Waals surface area contributed by atoms with Gasteiger partial charge in [-0.2, -0.15) is 4.72 Å². The highest BCUT2D eigenvalue weighted by atomic mass is 32.2. The number of hydrogen-bond acceptors (Lipinski definition) is 5. The lowest BCUT2D eigenvalue weighted by Crippen LogP contribution is -2.55. The number of nitrogens with zero attached hydrogens (tertiary/aromatic N) is 1. The van der Waals surface area contributed by atoms with Gasteiger partial charge in [-0.15, -0.1) is 0 Å². The van der Waals surface area contributed by atoms with E-state index in [0.29, 0.717) is 30.5 Å². The second-order valence-corrected chi connectivity index (χ2v) is 10.1. The molecule has 1 saturated heterocycles. The molecule has 182 valence electrons. The Bertz CT molecular complexity index is 1170. The number of carbonyl (C=O) groups excluding carboxylic acids is 1. The molecule has 10 nitrogen and oxygen atoms in total. The fourth-order valence-electron chi connectivity index (χ4n) is 3.94. The lowest BCUT2D eigenvalue weighted by Gasteiger charge is -2.35. The minimum atomic E-state index is -4.01. The van der Waals surface area contributed by atoms with Gasteiger partial charge in [0.2, 0.25) is 15.9 Å². The Labute approximate surface area is 198 Å². The van der Waals surface area contributed by atoms with Crippen LogP contribution in [-0.2, 0) is 21.2 Å². The lowest BCUT2D eigenvalue weighted by atomic mass is 10.0. The summed E-state index contributed by atoms with van der Waals surface area (Å²) in [4.78, 5) is 26.0. The second kappa shape index (κ2) is 10.7. The largest absolute Gasteiger partial charge is 0.465 e. The van der Waals surface area contributed by atoms with Gasteiger partial charge in [0.15, 0.2) is 0 Å². The van der Waals surface area contributed by atoms with Crippen molar-refractivity contribution in [1.29, 1.82) is 5.41 Å². The highest BCUT2D eigenvalue weighted by molar-refractivity contribution is 7.89. The van der Waals surface area contributed by atoms with Crippen molar-refractivity contribution in [2.75, 3.05) is 13.1 Å². The molecule has 1 aliphatic heterocycles. The molecule has 0 aromatic heterocycles. The Morgan fingerprint density at radius 1 is 1.24 bits per heavy atom. The molecule has 1 fully saturated rings. The van der Waals surface area contributed by atoms with Crippen LogP contribution in [0.5, 0.6) is 0 Å². The third-order valence-corrected chi connectivity index (χ3v) is 7.15. The normalized spacial score (nSPS) is 17.1. The van der Waals surface area contributed by atoms with Crippen LogP contribution in [-0.4, -0.2) is 61.4 Å². The number of aryl methyl sites for hydroxylation is 1. The van der Waals surface area contributed by atoms with E-state index in [1.54, 1.807) is 36.4 Å². The van der Waals surface area contributed by atoms with E-state index in [9.17, 15) is 18.0 Å². The number of amidine groups is 1. The van der Waals surface area contributed by atoms with Crippen LogP contribution in [0.3, 0.4) is 0 Å². The number of nitrogen functional groups attached to an aromatic ring is 1. The number of rotatable bonds is 8. The Hall–Kier alpha value is -3.44. The van der Waals surface area contributed by atoms with E-state index in [-0.39, 0.29) is 23.7 Å². The molecule has 1 aliphatic rings. The van der Waals surface area contributed by atoms with E-state index >= 15 is 0 Å². The van der Waals surface area contributed by atoms with E-state index in [2.05, 4.69) is 10.0 Å². The predicted molar refractivity (Wildman–Crippen MR) is 127 cm³/mol. The fraction of sp³-hybridized carbons (Fsp3) is 0.348. The molecule has 11 heteroatoms. The molecule has 34 heavy (non-hydrogen) atoms. The monoisotopic (exact) mass is 487 g/mol. The summed E-state index contributed by atoms with van der Waals surface area (Å²) in [6.45, 7) is 2.39. The average Bonchev–Trinajstić information content (AvgIpc) is 2.78. The summed E-state index contributed by atoms with van der Waals surface area (Å²) in [5.74, 6) is -0.579. The quantitative estimate of drug-likeness (QED) is 0.279. The van der Waals surface area contributed by atoms with Crippen molar-refractivity contribution in [2.24, 2.45) is 5.73 Å². The van der Waals surface area contributed by atoms with Crippen LogP contribution in [0.1, 0.15) is 29.5 Å². The zero-order valence-corrected chi connectivity index (χ0v) is 19.6. The summed E-state index contributed by atoms with van der Waals surface area (Å²) in [7, 11) is -4.01. The van der Waals surface area contributed by atoms with Crippen LogP contribution < -0.4 is 15.8 Å². The summed E-state index contributed by atoms with van der Waals surface area (Å²) in [5, 5.41) is 19.1. The van der Waals surface area contributed by atoms with Gasteiger partial charge in [-0.25, -0.2) is 13.2 Å². The third kappa shape index (κ3) is 6.55. The summed E-state index contributed by atoms with van der Waals surface area (Å²) in [5.41, 5.74) is 7.58. The van der Waals surface area contributed by atoms with Crippen molar-refractivity contribution in [3.05, 3.63) is 65.2 Å². The molecule has 1 heterocycles. The van der Waals surface area contributed by atoms with Gasteiger partial charge in [-0.1, -0.05) is 35.9 Å². The molecule has 0 saturated carbocycles. The van der Waals surface area contributed by atoms with Gasteiger partial charge < -0.3 is 21.1 Å². The van der Waals surface area contributed by atoms with Crippen molar-refractivity contribution < 1.29 is 23.1 Å². The van der Waals surface area contributed by atoms with Crippen LogP contribution in [0.15, 0.2) is 53.4 Å². The highest BCUT2D eigenvalue weighted by Crippen LogP contribution is 2.17. The predicted octanol–water partition coefficient (Wildman–Crippen LogP) is 1.43. The van der Waals surface area contributed by atoms with E-state index in [4.69, 9.17) is 16.2 Å². The topological polar surface area (TPSA) is 166 Å². The van der Waals surface area contributed by atoms with Gasteiger partial charge in [0.1, 0.15) is 11.9 Å². The summed E-state index contributed by atoms with van der Waals surface area (Å²) in [6, 6.07) is 11.5. The van der Waals surface area contributed by atoms with Gasteiger partial charge in [-0.3, -0.25) is 10.2 Å². The number of piperidine rings is 1. The molecule has 3 rings (SSSR count). The number of nitrogens with one attached hydrogen (secondary N) is 3. The second-order valence-electron chi connectivity index (χ2n) is 8.38. The molecule has 2 aromatic rings. The lowest BCUT2D eigenvalue weighted by molar-refractivity contribution is -0.134. The van der Waals surface area contributed by atoms with Gasteiger partial charge >= 0.3 is 6.09 Å². The van der Waals surface area contributed by atoms with E-state index in [1.807, 2.05) is 6.92 Å². The molecule has 6 N–H and O–H groups in total. The molecule has 0 bridgehead atoms.